The lowest BCUT2D eigenvalue weighted by molar-refractivity contribution is 0.667. The van der Waals surface area contributed by atoms with Crippen LogP contribution in [0.3, 0.4) is 0 Å². The Bertz CT molecular complexity index is 2860. The number of nitrogens with zero attached hydrogens (tertiary/aromatic N) is 1. The SMILES string of the molecule is c1ccc(-c2cccc(-c3ccc(N(c4ccc5c(c4)oc4ccccc45)c4cccc5c4oc4ccccc45)c(-c4ccccc4)c3)c2)cc1. The Kier molecular flexibility index (Phi) is 6.81. The van der Waals surface area contributed by atoms with Crippen LogP contribution in [0.5, 0.6) is 0 Å². The van der Waals surface area contributed by atoms with Crippen molar-refractivity contribution in [3.8, 4) is 33.4 Å². The minimum Gasteiger partial charge on any atom is -0.456 e. The highest BCUT2D eigenvalue weighted by Crippen LogP contribution is 2.47. The highest BCUT2D eigenvalue weighted by atomic mass is 16.3. The summed E-state index contributed by atoms with van der Waals surface area (Å²) in [5, 5.41) is 4.37. The maximum absolute atomic E-state index is 6.67. The van der Waals surface area contributed by atoms with E-state index < -0.39 is 0 Å². The lowest BCUT2D eigenvalue weighted by Gasteiger charge is -2.28. The van der Waals surface area contributed by atoms with Crippen molar-refractivity contribution in [2.75, 3.05) is 4.90 Å². The zero-order valence-corrected chi connectivity index (χ0v) is 27.7. The number of rotatable bonds is 6. The average Bonchev–Trinajstić information content (AvgIpc) is 3.77. The molecule has 0 aliphatic rings. The molecule has 8 aromatic carbocycles. The van der Waals surface area contributed by atoms with Crippen LogP contribution >= 0.6 is 0 Å². The van der Waals surface area contributed by atoms with Gasteiger partial charge in [0.1, 0.15) is 16.7 Å². The average molecular weight is 654 g/mol. The largest absolute Gasteiger partial charge is 0.456 e. The molecule has 0 aliphatic carbocycles. The predicted molar refractivity (Wildman–Crippen MR) is 212 cm³/mol. The van der Waals surface area contributed by atoms with Crippen molar-refractivity contribution in [1.82, 2.24) is 0 Å². The van der Waals surface area contributed by atoms with Crippen molar-refractivity contribution in [3.63, 3.8) is 0 Å². The van der Waals surface area contributed by atoms with E-state index in [0.29, 0.717) is 0 Å². The van der Waals surface area contributed by atoms with Gasteiger partial charge in [-0.15, -0.1) is 0 Å². The fraction of sp³-hybridized carbons (Fsp3) is 0. The Labute approximate surface area is 295 Å². The van der Waals surface area contributed by atoms with Gasteiger partial charge in [-0.3, -0.25) is 0 Å². The van der Waals surface area contributed by atoms with E-state index in [1.165, 1.54) is 11.1 Å². The van der Waals surface area contributed by atoms with E-state index in [1.54, 1.807) is 0 Å². The van der Waals surface area contributed by atoms with E-state index >= 15 is 0 Å². The van der Waals surface area contributed by atoms with Crippen LogP contribution in [0.1, 0.15) is 0 Å². The van der Waals surface area contributed by atoms with Gasteiger partial charge in [-0.1, -0.05) is 133 Å². The Morgan fingerprint density at radius 3 is 1.67 bits per heavy atom. The van der Waals surface area contributed by atoms with Gasteiger partial charge in [0.2, 0.25) is 0 Å². The standard InChI is InChI=1S/C48H31NO2/c1-3-13-32(14-4-1)34-17-11-18-35(29-34)36-25-28-43(42(30-36)33-15-5-2-6-16-33)49(37-26-27-40-38-19-7-9-23-45(38)50-47(40)31-37)44-22-12-21-41-39-20-8-10-24-46(39)51-48(41)44/h1-31H. The van der Waals surface area contributed by atoms with Crippen LogP contribution < -0.4 is 4.90 Å². The van der Waals surface area contributed by atoms with Crippen LogP contribution in [-0.2, 0) is 0 Å². The quantitative estimate of drug-likeness (QED) is 0.179. The first-order valence-corrected chi connectivity index (χ1v) is 17.3. The zero-order valence-electron chi connectivity index (χ0n) is 27.7. The van der Waals surface area contributed by atoms with E-state index in [-0.39, 0.29) is 0 Å². The number of furan rings is 2. The topological polar surface area (TPSA) is 29.5 Å². The number of hydrogen-bond acceptors (Lipinski definition) is 3. The summed E-state index contributed by atoms with van der Waals surface area (Å²) >= 11 is 0. The summed E-state index contributed by atoms with van der Waals surface area (Å²) in [7, 11) is 0. The van der Waals surface area contributed by atoms with Gasteiger partial charge in [-0.05, 0) is 76.3 Å². The molecule has 0 unspecified atom stereocenters. The Morgan fingerprint density at radius 1 is 0.314 bits per heavy atom. The Balaban J connectivity index is 1.23. The van der Waals surface area contributed by atoms with Gasteiger partial charge < -0.3 is 13.7 Å². The van der Waals surface area contributed by atoms with Crippen LogP contribution in [-0.4, -0.2) is 0 Å². The molecule has 3 heteroatoms. The van der Waals surface area contributed by atoms with Gasteiger partial charge in [-0.2, -0.15) is 0 Å². The number of anilines is 3. The summed E-state index contributed by atoms with van der Waals surface area (Å²) in [5.74, 6) is 0. The first-order chi connectivity index (χ1) is 25.3. The monoisotopic (exact) mass is 653 g/mol. The third-order valence-electron chi connectivity index (χ3n) is 9.87. The predicted octanol–water partition coefficient (Wildman–Crippen LogP) is 14.0. The molecular formula is C48H31NO2. The highest BCUT2D eigenvalue weighted by Gasteiger charge is 2.23. The van der Waals surface area contributed by atoms with Crippen molar-refractivity contribution in [1.29, 1.82) is 0 Å². The maximum Gasteiger partial charge on any atom is 0.159 e. The van der Waals surface area contributed by atoms with Crippen LogP contribution in [0.25, 0.3) is 77.3 Å². The van der Waals surface area contributed by atoms with Crippen molar-refractivity contribution in [2.24, 2.45) is 0 Å². The summed E-state index contributed by atoms with van der Waals surface area (Å²) in [5.41, 5.74) is 13.3. The van der Waals surface area contributed by atoms with Gasteiger partial charge in [0, 0.05) is 33.2 Å². The summed E-state index contributed by atoms with van der Waals surface area (Å²) in [6.07, 6.45) is 0. The van der Waals surface area contributed by atoms with E-state index in [1.807, 2.05) is 24.3 Å². The summed E-state index contributed by atoms with van der Waals surface area (Å²) < 4.78 is 13.1. The van der Waals surface area contributed by atoms with Gasteiger partial charge in [0.05, 0.1) is 17.1 Å². The minimum absolute atomic E-state index is 0.835. The molecule has 0 radical (unpaired) electrons. The normalized spacial score (nSPS) is 11.5. The number of hydrogen-bond donors (Lipinski definition) is 0. The number of fused-ring (bicyclic) bond motifs is 6. The molecule has 2 heterocycles. The Hall–Kier alpha value is -6.84. The van der Waals surface area contributed by atoms with Crippen LogP contribution in [0.2, 0.25) is 0 Å². The number of para-hydroxylation sites is 3. The molecular weight excluding hydrogens is 623 g/mol. The fourth-order valence-electron chi connectivity index (χ4n) is 7.44. The summed E-state index contributed by atoms with van der Waals surface area (Å²) in [6, 6.07) is 66.2. The smallest absolute Gasteiger partial charge is 0.159 e. The van der Waals surface area contributed by atoms with E-state index in [2.05, 4.69) is 169 Å². The lowest BCUT2D eigenvalue weighted by Crippen LogP contribution is -2.11. The zero-order chi connectivity index (χ0) is 33.7. The van der Waals surface area contributed by atoms with E-state index in [9.17, 15) is 0 Å². The molecule has 0 fully saturated rings. The molecule has 0 N–H and O–H groups in total. The molecule has 10 aromatic rings. The number of benzene rings is 8. The first-order valence-electron chi connectivity index (χ1n) is 17.3. The van der Waals surface area contributed by atoms with E-state index in [0.717, 1.165) is 83.2 Å². The van der Waals surface area contributed by atoms with Gasteiger partial charge >= 0.3 is 0 Å². The second-order valence-electron chi connectivity index (χ2n) is 12.9. The highest BCUT2D eigenvalue weighted by molar-refractivity contribution is 6.12. The van der Waals surface area contributed by atoms with Gasteiger partial charge in [-0.25, -0.2) is 0 Å². The maximum atomic E-state index is 6.67. The molecule has 0 saturated carbocycles. The Morgan fingerprint density at radius 2 is 0.882 bits per heavy atom. The third kappa shape index (κ3) is 4.98. The minimum atomic E-state index is 0.835. The van der Waals surface area contributed by atoms with Crippen molar-refractivity contribution in [3.05, 3.63) is 188 Å². The van der Waals surface area contributed by atoms with Crippen molar-refractivity contribution >= 4 is 60.9 Å². The molecule has 0 atom stereocenters. The third-order valence-corrected chi connectivity index (χ3v) is 9.87. The van der Waals surface area contributed by atoms with Crippen LogP contribution in [0.15, 0.2) is 197 Å². The molecule has 0 amide bonds. The molecule has 2 aromatic heterocycles. The molecule has 0 saturated heterocycles. The van der Waals surface area contributed by atoms with Crippen molar-refractivity contribution < 1.29 is 8.83 Å². The molecule has 0 spiro atoms. The first kappa shape index (κ1) is 29.1. The molecule has 3 nitrogen and oxygen atoms in total. The van der Waals surface area contributed by atoms with Crippen LogP contribution in [0, 0.1) is 0 Å². The summed E-state index contributed by atoms with van der Waals surface area (Å²) in [6.45, 7) is 0. The molecule has 10 rings (SSSR count). The van der Waals surface area contributed by atoms with Crippen molar-refractivity contribution in [2.45, 2.75) is 0 Å². The second-order valence-corrected chi connectivity index (χ2v) is 12.9. The molecule has 0 bridgehead atoms. The summed E-state index contributed by atoms with van der Waals surface area (Å²) in [4.78, 5) is 2.32. The van der Waals surface area contributed by atoms with Crippen LogP contribution in [0.4, 0.5) is 17.1 Å². The van der Waals surface area contributed by atoms with E-state index in [4.69, 9.17) is 8.83 Å². The molecule has 0 aliphatic heterocycles. The second kappa shape index (κ2) is 11.9. The van der Waals surface area contributed by atoms with Gasteiger partial charge in [0.15, 0.2) is 5.58 Å². The fourth-order valence-corrected chi connectivity index (χ4v) is 7.44. The lowest BCUT2D eigenvalue weighted by atomic mass is 9.94. The van der Waals surface area contributed by atoms with Gasteiger partial charge in [0.25, 0.3) is 0 Å². The molecule has 51 heavy (non-hydrogen) atoms. The molecule has 240 valence electrons.